The summed E-state index contributed by atoms with van der Waals surface area (Å²) in [5, 5.41) is 7.78. The third kappa shape index (κ3) is 2.30. The normalized spacial score (nSPS) is 23.6. The Morgan fingerprint density at radius 1 is 1.36 bits per heavy atom. The van der Waals surface area contributed by atoms with E-state index in [0.717, 1.165) is 0 Å². The molecule has 0 fully saturated rings. The van der Waals surface area contributed by atoms with Crippen LogP contribution < -0.4 is 0 Å². The van der Waals surface area contributed by atoms with E-state index in [1.807, 2.05) is 12.4 Å². The van der Waals surface area contributed by atoms with Crippen LogP contribution in [0.4, 0.5) is 0 Å². The molecule has 1 unspecified atom stereocenters. The van der Waals surface area contributed by atoms with Gasteiger partial charge in [-0.3, -0.25) is 0 Å². The lowest BCUT2D eigenvalue weighted by atomic mass is 10.0. The van der Waals surface area contributed by atoms with E-state index < -0.39 is 0 Å². The number of nitrogens with zero attached hydrogens (tertiary/aromatic N) is 2. The first-order valence-corrected chi connectivity index (χ1v) is 3.98. The molecule has 0 aromatic carbocycles. The molecular formula is C9H14N2. The highest BCUT2D eigenvalue weighted by molar-refractivity contribution is 5.82. The highest BCUT2D eigenvalue weighted by Crippen LogP contribution is 2.11. The summed E-state index contributed by atoms with van der Waals surface area (Å²) >= 11 is 0. The van der Waals surface area contributed by atoms with E-state index in [2.05, 4.69) is 37.1 Å². The maximum atomic E-state index is 3.90. The topological polar surface area (TPSA) is 24.7 Å². The van der Waals surface area contributed by atoms with Gasteiger partial charge < -0.3 is 0 Å². The van der Waals surface area contributed by atoms with Gasteiger partial charge in [-0.15, -0.1) is 0 Å². The molecule has 0 saturated carbocycles. The van der Waals surface area contributed by atoms with E-state index in [1.165, 1.54) is 5.57 Å². The lowest BCUT2D eigenvalue weighted by molar-refractivity contribution is 0.794. The minimum atomic E-state index is 0.412. The molecule has 2 nitrogen and oxygen atoms in total. The van der Waals surface area contributed by atoms with Crippen LogP contribution in [0.1, 0.15) is 20.8 Å². The molecule has 1 aliphatic heterocycles. The predicted molar refractivity (Wildman–Crippen MR) is 49.1 cm³/mol. The smallest absolute Gasteiger partial charge is 0.0527 e. The molecule has 1 rings (SSSR count). The van der Waals surface area contributed by atoms with Crippen LogP contribution in [-0.2, 0) is 0 Å². The lowest BCUT2D eigenvalue weighted by Crippen LogP contribution is -1.98. The zero-order valence-corrected chi connectivity index (χ0v) is 7.28. The quantitative estimate of drug-likeness (QED) is 0.548. The first-order chi connectivity index (χ1) is 5.20. The minimum Gasteiger partial charge on any atom is -0.163 e. The second-order valence-electron chi connectivity index (χ2n) is 3.19. The van der Waals surface area contributed by atoms with Gasteiger partial charge in [0.25, 0.3) is 0 Å². The summed E-state index contributed by atoms with van der Waals surface area (Å²) in [6.07, 6.45) is 5.89. The predicted octanol–water partition coefficient (Wildman–Crippen LogP) is 2.28. The van der Waals surface area contributed by atoms with Crippen LogP contribution in [0.25, 0.3) is 0 Å². The van der Waals surface area contributed by atoms with Crippen LogP contribution in [0.15, 0.2) is 21.9 Å². The van der Waals surface area contributed by atoms with E-state index in [9.17, 15) is 0 Å². The Hall–Kier alpha value is -0.920. The first-order valence-electron chi connectivity index (χ1n) is 3.98. The molecule has 0 aromatic heterocycles. The van der Waals surface area contributed by atoms with E-state index in [0.29, 0.717) is 11.8 Å². The highest BCUT2D eigenvalue weighted by Gasteiger charge is 2.04. The third-order valence-electron chi connectivity index (χ3n) is 1.70. The molecule has 1 atom stereocenters. The Morgan fingerprint density at radius 3 is 2.73 bits per heavy atom. The molecular weight excluding hydrogens is 136 g/mol. The first kappa shape index (κ1) is 8.18. The Balaban J connectivity index is 2.80. The number of hydrogen-bond donors (Lipinski definition) is 0. The minimum absolute atomic E-state index is 0.412. The van der Waals surface area contributed by atoms with Crippen LogP contribution in [0.3, 0.4) is 0 Å². The Kier molecular flexibility index (Phi) is 2.58. The van der Waals surface area contributed by atoms with Crippen molar-refractivity contribution in [3.63, 3.8) is 0 Å². The highest BCUT2D eigenvalue weighted by atomic mass is 15.2. The summed E-state index contributed by atoms with van der Waals surface area (Å²) in [6, 6.07) is 0. The zero-order chi connectivity index (χ0) is 8.27. The van der Waals surface area contributed by atoms with Crippen LogP contribution in [0.5, 0.6) is 0 Å². The fourth-order valence-electron chi connectivity index (χ4n) is 0.975. The van der Waals surface area contributed by atoms with Gasteiger partial charge in [0.05, 0.1) is 6.21 Å². The van der Waals surface area contributed by atoms with Gasteiger partial charge in [-0.1, -0.05) is 26.8 Å². The van der Waals surface area contributed by atoms with Gasteiger partial charge in [-0.05, 0) is 11.5 Å². The van der Waals surface area contributed by atoms with E-state index in [4.69, 9.17) is 0 Å². The molecule has 0 radical (unpaired) electrons. The second kappa shape index (κ2) is 3.46. The van der Waals surface area contributed by atoms with E-state index in [-0.39, 0.29) is 0 Å². The van der Waals surface area contributed by atoms with E-state index in [1.54, 1.807) is 0 Å². The Labute approximate surface area is 67.7 Å². The van der Waals surface area contributed by atoms with Gasteiger partial charge in [0, 0.05) is 12.1 Å². The van der Waals surface area contributed by atoms with Gasteiger partial charge >= 0.3 is 0 Å². The molecule has 0 aromatic rings. The molecule has 1 aliphatic rings. The van der Waals surface area contributed by atoms with Crippen molar-refractivity contribution < 1.29 is 0 Å². The second-order valence-corrected chi connectivity index (χ2v) is 3.19. The largest absolute Gasteiger partial charge is 0.163 e. The van der Waals surface area contributed by atoms with Crippen molar-refractivity contribution in [1.82, 2.24) is 0 Å². The fraction of sp³-hybridized carbons (Fsp3) is 0.556. The van der Waals surface area contributed by atoms with Crippen molar-refractivity contribution >= 4 is 12.4 Å². The molecule has 0 amide bonds. The van der Waals surface area contributed by atoms with Crippen molar-refractivity contribution in [3.05, 3.63) is 11.6 Å². The third-order valence-corrected chi connectivity index (χ3v) is 1.70. The summed E-state index contributed by atoms with van der Waals surface area (Å²) in [5.41, 5.74) is 1.27. The van der Waals surface area contributed by atoms with Crippen molar-refractivity contribution in [2.24, 2.45) is 22.0 Å². The van der Waals surface area contributed by atoms with Crippen LogP contribution in [0, 0.1) is 11.8 Å². The summed E-state index contributed by atoms with van der Waals surface area (Å²) in [5.74, 6) is 0.956. The van der Waals surface area contributed by atoms with E-state index >= 15 is 0 Å². The Morgan fingerprint density at radius 2 is 2.09 bits per heavy atom. The summed E-state index contributed by atoms with van der Waals surface area (Å²) in [6.45, 7) is 6.44. The van der Waals surface area contributed by atoms with Crippen LogP contribution in [-0.4, -0.2) is 12.4 Å². The molecule has 1 heterocycles. The average Bonchev–Trinajstić information content (AvgIpc) is 2.13. The maximum absolute atomic E-state index is 3.90. The van der Waals surface area contributed by atoms with Crippen molar-refractivity contribution in [2.75, 3.05) is 0 Å². The van der Waals surface area contributed by atoms with Crippen molar-refractivity contribution in [2.45, 2.75) is 20.8 Å². The SMILES string of the molecule is CC1C=NN=CC(C(C)C)=C1. The maximum Gasteiger partial charge on any atom is 0.0527 e. The molecule has 2 heteroatoms. The summed E-state index contributed by atoms with van der Waals surface area (Å²) < 4.78 is 0. The van der Waals surface area contributed by atoms with Gasteiger partial charge in [-0.25, -0.2) is 0 Å². The number of allylic oxidation sites excluding steroid dienone is 2. The zero-order valence-electron chi connectivity index (χ0n) is 7.28. The van der Waals surface area contributed by atoms with Crippen LogP contribution in [0.2, 0.25) is 0 Å². The standard InChI is InChI=1S/C9H14N2/c1-7(2)9-4-8(3)5-10-11-6-9/h4-8H,1-3H3. The van der Waals surface area contributed by atoms with Crippen molar-refractivity contribution in [3.8, 4) is 0 Å². The van der Waals surface area contributed by atoms with Gasteiger partial charge in [0.15, 0.2) is 0 Å². The molecule has 0 spiro atoms. The van der Waals surface area contributed by atoms with Gasteiger partial charge in [0.2, 0.25) is 0 Å². The molecule has 0 saturated heterocycles. The molecule has 0 N–H and O–H groups in total. The summed E-state index contributed by atoms with van der Waals surface area (Å²) in [7, 11) is 0. The fourth-order valence-corrected chi connectivity index (χ4v) is 0.975. The van der Waals surface area contributed by atoms with Gasteiger partial charge in [-0.2, -0.15) is 10.2 Å². The molecule has 0 aliphatic carbocycles. The summed E-state index contributed by atoms with van der Waals surface area (Å²) in [4.78, 5) is 0. The molecule has 0 bridgehead atoms. The average molecular weight is 150 g/mol. The monoisotopic (exact) mass is 150 g/mol. The lowest BCUT2D eigenvalue weighted by Gasteiger charge is -2.04. The molecule has 11 heavy (non-hydrogen) atoms. The Bertz CT molecular complexity index is 212. The number of hydrogen-bond acceptors (Lipinski definition) is 2. The van der Waals surface area contributed by atoms with Gasteiger partial charge in [0.1, 0.15) is 0 Å². The van der Waals surface area contributed by atoms with Crippen molar-refractivity contribution in [1.29, 1.82) is 0 Å². The van der Waals surface area contributed by atoms with Crippen LogP contribution >= 0.6 is 0 Å². The molecule has 60 valence electrons. The number of rotatable bonds is 1.